The van der Waals surface area contributed by atoms with Crippen LogP contribution in [0.25, 0.3) is 10.8 Å². The number of hydrogen-bond acceptors (Lipinski definition) is 4. The van der Waals surface area contributed by atoms with Crippen LogP contribution in [-0.4, -0.2) is 43.5 Å². The lowest BCUT2D eigenvalue weighted by molar-refractivity contribution is 0.0796. The van der Waals surface area contributed by atoms with Gasteiger partial charge in [-0.2, -0.15) is 0 Å². The Bertz CT molecular complexity index is 1090. The highest BCUT2D eigenvalue weighted by molar-refractivity contribution is 6.15. The van der Waals surface area contributed by atoms with Crippen molar-refractivity contribution in [2.24, 2.45) is 0 Å². The lowest BCUT2D eigenvalue weighted by atomic mass is 10.0. The third-order valence-electron chi connectivity index (χ3n) is 4.92. The minimum atomic E-state index is -0.291. The average Bonchev–Trinajstić information content (AvgIpc) is 2.86. The lowest BCUT2D eigenvalue weighted by Crippen LogP contribution is -2.27. The third-order valence-corrected chi connectivity index (χ3v) is 4.92. The van der Waals surface area contributed by atoms with Crippen LogP contribution in [0.5, 0.6) is 11.5 Å². The van der Waals surface area contributed by atoms with Crippen molar-refractivity contribution in [3.63, 3.8) is 0 Å². The van der Waals surface area contributed by atoms with Gasteiger partial charge in [0.25, 0.3) is 11.8 Å². The van der Waals surface area contributed by atoms with Crippen molar-refractivity contribution in [1.82, 2.24) is 4.90 Å². The van der Waals surface area contributed by atoms with Gasteiger partial charge in [-0.1, -0.05) is 30.3 Å². The molecule has 0 radical (unpaired) electrons. The van der Waals surface area contributed by atoms with Gasteiger partial charge >= 0.3 is 0 Å². The van der Waals surface area contributed by atoms with E-state index in [2.05, 4.69) is 5.32 Å². The van der Waals surface area contributed by atoms with E-state index in [1.807, 2.05) is 43.3 Å². The highest BCUT2D eigenvalue weighted by Gasteiger charge is 2.22. The van der Waals surface area contributed by atoms with Crippen LogP contribution in [-0.2, 0) is 0 Å². The summed E-state index contributed by atoms with van der Waals surface area (Å²) in [5.41, 5.74) is 1.43. The molecular formula is C23H22N2O4. The summed E-state index contributed by atoms with van der Waals surface area (Å²) in [6.45, 7) is 3.29. The maximum absolute atomic E-state index is 13.2. The molecule has 6 nitrogen and oxygen atoms in total. The molecule has 6 heteroatoms. The molecule has 0 saturated heterocycles. The first-order chi connectivity index (χ1) is 14.1. The number of carbonyl (C=O) groups is 2. The zero-order valence-corrected chi connectivity index (χ0v) is 16.4. The minimum absolute atomic E-state index is 0.131. The van der Waals surface area contributed by atoms with Crippen molar-refractivity contribution in [1.29, 1.82) is 0 Å². The molecule has 0 spiro atoms. The fourth-order valence-corrected chi connectivity index (χ4v) is 3.46. The molecule has 1 N–H and O–H groups in total. The smallest absolute Gasteiger partial charge is 0.260 e. The Kier molecular flexibility index (Phi) is 5.08. The topological polar surface area (TPSA) is 67.9 Å². The van der Waals surface area contributed by atoms with E-state index >= 15 is 0 Å². The zero-order valence-electron chi connectivity index (χ0n) is 16.4. The molecule has 4 rings (SSSR count). The van der Waals surface area contributed by atoms with Crippen molar-refractivity contribution in [3.8, 4) is 11.5 Å². The first-order valence-corrected chi connectivity index (χ1v) is 9.56. The van der Waals surface area contributed by atoms with Gasteiger partial charge < -0.3 is 19.7 Å². The lowest BCUT2D eigenvalue weighted by Gasteiger charge is -2.15. The maximum Gasteiger partial charge on any atom is 0.260 e. The number of carbonyl (C=O) groups excluding carboxylic acids is 2. The van der Waals surface area contributed by atoms with Crippen molar-refractivity contribution in [2.45, 2.75) is 6.92 Å². The van der Waals surface area contributed by atoms with Crippen molar-refractivity contribution >= 4 is 28.3 Å². The second-order valence-electron chi connectivity index (χ2n) is 6.83. The minimum Gasteiger partial charge on any atom is -0.493 e. The van der Waals surface area contributed by atoms with Crippen molar-refractivity contribution < 1.29 is 19.1 Å². The number of amides is 2. The quantitative estimate of drug-likeness (QED) is 0.732. The molecule has 0 atom stereocenters. The number of anilines is 1. The first kappa shape index (κ1) is 18.8. The van der Waals surface area contributed by atoms with Gasteiger partial charge in [0.1, 0.15) is 18.1 Å². The number of nitrogens with one attached hydrogen (secondary N) is 1. The summed E-state index contributed by atoms with van der Waals surface area (Å²) in [5.74, 6) is 0.629. The van der Waals surface area contributed by atoms with E-state index < -0.39 is 0 Å². The molecule has 29 heavy (non-hydrogen) atoms. The zero-order chi connectivity index (χ0) is 20.4. The Morgan fingerprint density at radius 1 is 1.17 bits per heavy atom. The average molecular weight is 390 g/mol. The van der Waals surface area contributed by atoms with Crippen LogP contribution in [0.15, 0.2) is 54.6 Å². The summed E-state index contributed by atoms with van der Waals surface area (Å²) in [6.07, 6.45) is 0. The van der Waals surface area contributed by atoms with Crippen LogP contribution in [0.3, 0.4) is 0 Å². The summed E-state index contributed by atoms with van der Waals surface area (Å²) in [4.78, 5) is 27.4. The predicted octanol–water partition coefficient (Wildman–Crippen LogP) is 3.96. The van der Waals surface area contributed by atoms with Crippen LogP contribution in [0.1, 0.15) is 27.6 Å². The Balaban J connectivity index is 1.71. The summed E-state index contributed by atoms with van der Waals surface area (Å²) in [6, 6.07) is 16.5. The van der Waals surface area contributed by atoms with Gasteiger partial charge in [-0.3, -0.25) is 9.59 Å². The normalized spacial score (nSPS) is 13.4. The van der Waals surface area contributed by atoms with Gasteiger partial charge in [-0.05, 0) is 42.0 Å². The van der Waals surface area contributed by atoms with Gasteiger partial charge in [0.15, 0.2) is 0 Å². The molecule has 0 bridgehead atoms. The number of benzene rings is 3. The van der Waals surface area contributed by atoms with E-state index in [-0.39, 0.29) is 11.8 Å². The molecule has 1 heterocycles. The number of fused-ring (bicyclic) bond motifs is 2. The second-order valence-corrected chi connectivity index (χ2v) is 6.83. The van der Waals surface area contributed by atoms with E-state index in [0.717, 1.165) is 10.8 Å². The van der Waals surface area contributed by atoms with Gasteiger partial charge in [0, 0.05) is 12.7 Å². The molecule has 1 aliphatic rings. The van der Waals surface area contributed by atoms with E-state index in [4.69, 9.17) is 9.47 Å². The summed E-state index contributed by atoms with van der Waals surface area (Å²) < 4.78 is 11.3. The molecular weight excluding hydrogens is 368 g/mol. The fraction of sp³-hybridized carbons (Fsp3) is 0.217. The first-order valence-electron chi connectivity index (χ1n) is 9.56. The van der Waals surface area contributed by atoms with Gasteiger partial charge in [-0.15, -0.1) is 0 Å². The van der Waals surface area contributed by atoms with E-state index in [1.165, 1.54) is 0 Å². The SMILES string of the molecule is CCOc1ccc2ccccc2c1C(=O)Nc1ccc2c(c1)C(=O)N(C)CCO2. The summed E-state index contributed by atoms with van der Waals surface area (Å²) >= 11 is 0. The number of hydrogen-bond donors (Lipinski definition) is 1. The Hall–Kier alpha value is -3.54. The Morgan fingerprint density at radius 3 is 2.83 bits per heavy atom. The molecule has 0 saturated carbocycles. The maximum atomic E-state index is 13.2. The van der Waals surface area contributed by atoms with Crippen LogP contribution in [0.2, 0.25) is 0 Å². The molecule has 3 aromatic rings. The van der Waals surface area contributed by atoms with Crippen molar-refractivity contribution in [3.05, 3.63) is 65.7 Å². The van der Waals surface area contributed by atoms with Crippen LogP contribution >= 0.6 is 0 Å². The third kappa shape index (κ3) is 3.61. The molecule has 2 amide bonds. The predicted molar refractivity (Wildman–Crippen MR) is 112 cm³/mol. The van der Waals surface area contributed by atoms with E-state index in [0.29, 0.717) is 48.1 Å². The highest BCUT2D eigenvalue weighted by atomic mass is 16.5. The molecule has 0 fully saturated rings. The number of likely N-dealkylation sites (N-methyl/N-ethyl adjacent to an activating group) is 1. The van der Waals surface area contributed by atoms with Gasteiger partial charge in [0.05, 0.1) is 24.3 Å². The molecule has 0 aromatic heterocycles. The summed E-state index contributed by atoms with van der Waals surface area (Å²) in [7, 11) is 1.73. The van der Waals surface area contributed by atoms with Crippen molar-refractivity contribution in [2.75, 3.05) is 32.1 Å². The fourth-order valence-electron chi connectivity index (χ4n) is 3.46. The molecule has 3 aromatic carbocycles. The van der Waals surface area contributed by atoms with Gasteiger partial charge in [0.2, 0.25) is 0 Å². The Morgan fingerprint density at radius 2 is 2.00 bits per heavy atom. The van der Waals surface area contributed by atoms with Crippen LogP contribution in [0.4, 0.5) is 5.69 Å². The number of ether oxygens (including phenoxy) is 2. The molecule has 0 unspecified atom stereocenters. The molecule has 0 aliphatic carbocycles. The highest BCUT2D eigenvalue weighted by Crippen LogP contribution is 2.30. The van der Waals surface area contributed by atoms with E-state index in [1.54, 1.807) is 30.1 Å². The monoisotopic (exact) mass is 390 g/mol. The van der Waals surface area contributed by atoms with Crippen LogP contribution < -0.4 is 14.8 Å². The van der Waals surface area contributed by atoms with Gasteiger partial charge in [-0.25, -0.2) is 0 Å². The standard InChI is InChI=1S/C23H22N2O4/c1-3-28-20-10-8-15-6-4-5-7-17(15)21(20)22(26)24-16-9-11-19-18(14-16)23(27)25(2)12-13-29-19/h4-11,14H,3,12-13H2,1-2H3,(H,24,26). The van der Waals surface area contributed by atoms with Crippen LogP contribution in [0, 0.1) is 0 Å². The molecule has 148 valence electrons. The number of rotatable bonds is 4. The largest absolute Gasteiger partial charge is 0.493 e. The molecule has 1 aliphatic heterocycles. The number of nitrogens with zero attached hydrogens (tertiary/aromatic N) is 1. The second kappa shape index (κ2) is 7.83. The Labute approximate surface area is 169 Å². The summed E-state index contributed by atoms with van der Waals surface area (Å²) in [5, 5.41) is 4.67. The van der Waals surface area contributed by atoms with E-state index in [9.17, 15) is 9.59 Å².